The molecule has 32 heavy (non-hydrogen) atoms. The van der Waals surface area contributed by atoms with E-state index in [1.165, 1.54) is 87.6 Å². The highest BCUT2D eigenvalue weighted by atomic mass is 14.9. The minimum Gasteiger partial charge on any atom is -0.198 e. The van der Waals surface area contributed by atoms with Gasteiger partial charge in [-0.1, -0.05) is 67.8 Å². The molecule has 0 spiro atoms. The first-order chi connectivity index (χ1) is 15.5. The highest BCUT2D eigenvalue weighted by molar-refractivity contribution is 5.95. The Hall–Kier alpha value is -2.93. The second-order valence-corrected chi connectivity index (χ2v) is 9.71. The summed E-state index contributed by atoms with van der Waals surface area (Å²) in [6.45, 7) is 6.74. The summed E-state index contributed by atoms with van der Waals surface area (Å²) in [7, 11) is 2.21. The van der Waals surface area contributed by atoms with Crippen LogP contribution in [0.1, 0.15) is 60.4 Å². The second kappa shape index (κ2) is 8.54. The lowest BCUT2D eigenvalue weighted by Crippen LogP contribution is -2.35. The van der Waals surface area contributed by atoms with Gasteiger partial charge < -0.3 is 0 Å². The molecule has 4 aromatic rings. The van der Waals surface area contributed by atoms with Crippen molar-refractivity contribution in [3.63, 3.8) is 0 Å². The molecule has 0 bridgehead atoms. The molecule has 0 unspecified atom stereocenters. The summed E-state index contributed by atoms with van der Waals surface area (Å²) in [6, 6.07) is 25.1. The number of pyridine rings is 1. The smallest absolute Gasteiger partial charge is 0.198 e. The summed E-state index contributed by atoms with van der Waals surface area (Å²) < 4.78 is 2.37. The van der Waals surface area contributed by atoms with E-state index >= 15 is 0 Å². The predicted molar refractivity (Wildman–Crippen MR) is 136 cm³/mol. The minimum atomic E-state index is 0.733. The Morgan fingerprint density at radius 1 is 0.750 bits per heavy atom. The summed E-state index contributed by atoms with van der Waals surface area (Å²) in [6.07, 6.45) is 6.84. The molecule has 1 heterocycles. The van der Waals surface area contributed by atoms with Gasteiger partial charge in [0.05, 0.1) is 10.9 Å². The number of nitrogens with zero attached hydrogens (tertiary/aromatic N) is 1. The maximum absolute atomic E-state index is 2.48. The molecule has 5 rings (SSSR count). The molecule has 1 fully saturated rings. The quantitative estimate of drug-likeness (QED) is 0.296. The van der Waals surface area contributed by atoms with Gasteiger partial charge >= 0.3 is 0 Å². The lowest BCUT2D eigenvalue weighted by molar-refractivity contribution is -0.665. The van der Waals surface area contributed by atoms with Crippen molar-refractivity contribution in [2.75, 3.05) is 0 Å². The number of fused-ring (bicyclic) bond motifs is 1. The topological polar surface area (TPSA) is 3.88 Å². The summed E-state index contributed by atoms with van der Waals surface area (Å²) in [5, 5.41) is 2.73. The number of rotatable bonds is 3. The average Bonchev–Trinajstić information content (AvgIpc) is 2.83. The van der Waals surface area contributed by atoms with Crippen LogP contribution >= 0.6 is 0 Å². The van der Waals surface area contributed by atoms with Gasteiger partial charge in [-0.05, 0) is 77.9 Å². The summed E-state index contributed by atoms with van der Waals surface area (Å²) in [5.41, 5.74) is 10.8. The Morgan fingerprint density at radius 3 is 2.25 bits per heavy atom. The molecule has 1 aromatic heterocycles. The predicted octanol–water partition coefficient (Wildman–Crippen LogP) is 7.97. The number of benzene rings is 3. The Morgan fingerprint density at radius 2 is 1.50 bits per heavy atom. The van der Waals surface area contributed by atoms with Crippen molar-refractivity contribution in [2.45, 2.75) is 58.8 Å². The zero-order valence-electron chi connectivity index (χ0n) is 19.9. The van der Waals surface area contributed by atoms with Crippen molar-refractivity contribution in [2.24, 2.45) is 7.05 Å². The standard InChI is InChI=1S/C31H34N/c1-21-17-27(25-13-9-6-10-14-25)20-30(23(21)3)31-29-16-15-26(24-11-7-5-8-12-24)19-28(29)18-22(2)32(31)4/h6,9-10,13-20,24H,5,7-8,11-12H2,1-4H3/q+1. The first kappa shape index (κ1) is 20.9. The van der Waals surface area contributed by atoms with Crippen molar-refractivity contribution in [1.82, 2.24) is 0 Å². The first-order valence-electron chi connectivity index (χ1n) is 12.1. The molecule has 1 aliphatic carbocycles. The van der Waals surface area contributed by atoms with E-state index in [1.807, 2.05) is 0 Å². The fraction of sp³-hybridized carbons (Fsp3) is 0.323. The Labute approximate surface area is 192 Å². The van der Waals surface area contributed by atoms with Crippen LogP contribution in [0.4, 0.5) is 0 Å². The SMILES string of the molecule is Cc1cc(-c2ccccc2)cc(-c2c3ccc(C4CCCCC4)cc3cc(C)[n+]2C)c1C. The van der Waals surface area contributed by atoms with E-state index in [1.54, 1.807) is 0 Å². The molecular weight excluding hydrogens is 386 g/mol. The maximum atomic E-state index is 2.48. The number of hydrogen-bond donors (Lipinski definition) is 0. The number of aromatic nitrogens is 1. The zero-order valence-corrected chi connectivity index (χ0v) is 19.9. The van der Waals surface area contributed by atoms with E-state index in [-0.39, 0.29) is 0 Å². The first-order valence-corrected chi connectivity index (χ1v) is 12.1. The van der Waals surface area contributed by atoms with Gasteiger partial charge in [-0.3, -0.25) is 0 Å². The van der Waals surface area contributed by atoms with Crippen molar-refractivity contribution in [3.8, 4) is 22.4 Å². The van der Waals surface area contributed by atoms with Crippen LogP contribution in [0, 0.1) is 20.8 Å². The van der Waals surface area contributed by atoms with Gasteiger partial charge in [0.2, 0.25) is 5.69 Å². The number of hydrogen-bond acceptors (Lipinski definition) is 0. The third-order valence-corrected chi connectivity index (χ3v) is 7.67. The Kier molecular flexibility index (Phi) is 5.59. The molecule has 0 atom stereocenters. The van der Waals surface area contributed by atoms with Gasteiger partial charge in [-0.2, -0.15) is 4.57 Å². The van der Waals surface area contributed by atoms with Gasteiger partial charge in [0.25, 0.3) is 0 Å². The molecular formula is C31H34N+. The van der Waals surface area contributed by atoms with Crippen LogP contribution in [0.3, 0.4) is 0 Å². The van der Waals surface area contributed by atoms with Gasteiger partial charge in [0.15, 0.2) is 5.69 Å². The van der Waals surface area contributed by atoms with E-state index < -0.39 is 0 Å². The van der Waals surface area contributed by atoms with E-state index in [4.69, 9.17) is 0 Å². The monoisotopic (exact) mass is 420 g/mol. The highest BCUT2D eigenvalue weighted by Crippen LogP contribution is 2.37. The summed E-state index contributed by atoms with van der Waals surface area (Å²) in [5.74, 6) is 0.733. The molecule has 0 amide bonds. The van der Waals surface area contributed by atoms with Crippen LogP contribution in [-0.2, 0) is 7.05 Å². The molecule has 1 heteroatoms. The van der Waals surface area contributed by atoms with Crippen LogP contribution < -0.4 is 4.57 Å². The second-order valence-electron chi connectivity index (χ2n) is 9.71. The normalized spacial score (nSPS) is 14.8. The largest absolute Gasteiger partial charge is 0.220 e. The van der Waals surface area contributed by atoms with Gasteiger partial charge in [0, 0.05) is 13.0 Å². The van der Waals surface area contributed by atoms with Crippen molar-refractivity contribution >= 4 is 10.8 Å². The molecule has 0 radical (unpaired) electrons. The molecule has 1 nitrogen and oxygen atoms in total. The fourth-order valence-corrected chi connectivity index (χ4v) is 5.51. The van der Waals surface area contributed by atoms with Gasteiger partial charge in [-0.25, -0.2) is 0 Å². The highest BCUT2D eigenvalue weighted by Gasteiger charge is 2.23. The zero-order chi connectivity index (χ0) is 22.2. The molecule has 0 N–H and O–H groups in total. The molecule has 1 saturated carbocycles. The van der Waals surface area contributed by atoms with E-state index in [0.717, 1.165) is 5.92 Å². The van der Waals surface area contributed by atoms with E-state index in [0.29, 0.717) is 0 Å². The third kappa shape index (κ3) is 3.75. The van der Waals surface area contributed by atoms with Crippen LogP contribution in [0.25, 0.3) is 33.2 Å². The molecule has 1 aliphatic rings. The van der Waals surface area contributed by atoms with Crippen molar-refractivity contribution in [1.29, 1.82) is 0 Å². The van der Waals surface area contributed by atoms with Crippen molar-refractivity contribution < 1.29 is 4.57 Å². The number of aryl methyl sites for hydroxylation is 2. The lowest BCUT2D eigenvalue weighted by Gasteiger charge is -2.22. The van der Waals surface area contributed by atoms with Crippen LogP contribution in [0.5, 0.6) is 0 Å². The van der Waals surface area contributed by atoms with Crippen LogP contribution in [0.2, 0.25) is 0 Å². The Bertz CT molecular complexity index is 1280. The van der Waals surface area contributed by atoms with Gasteiger partial charge in [0.1, 0.15) is 7.05 Å². The van der Waals surface area contributed by atoms with Crippen LogP contribution in [0.15, 0.2) is 66.7 Å². The molecule has 162 valence electrons. The maximum Gasteiger partial charge on any atom is 0.220 e. The minimum absolute atomic E-state index is 0.733. The lowest BCUT2D eigenvalue weighted by atomic mass is 9.83. The van der Waals surface area contributed by atoms with E-state index in [2.05, 4.69) is 99.1 Å². The van der Waals surface area contributed by atoms with Gasteiger partial charge in [-0.15, -0.1) is 0 Å². The molecule has 0 saturated heterocycles. The Balaban J connectivity index is 1.71. The summed E-state index contributed by atoms with van der Waals surface area (Å²) in [4.78, 5) is 0. The molecule has 3 aromatic carbocycles. The average molecular weight is 421 g/mol. The van der Waals surface area contributed by atoms with Crippen molar-refractivity contribution in [3.05, 3.63) is 89.1 Å². The fourth-order valence-electron chi connectivity index (χ4n) is 5.51. The van der Waals surface area contributed by atoms with Crippen LogP contribution in [-0.4, -0.2) is 0 Å². The third-order valence-electron chi connectivity index (χ3n) is 7.67. The molecule has 0 aliphatic heterocycles. The van der Waals surface area contributed by atoms with E-state index in [9.17, 15) is 0 Å². The summed E-state index contributed by atoms with van der Waals surface area (Å²) >= 11 is 0.